The van der Waals surface area contributed by atoms with Gasteiger partial charge < -0.3 is 24.5 Å². The maximum absolute atomic E-state index is 5.88. The van der Waals surface area contributed by atoms with Crippen LogP contribution in [0.15, 0.2) is 22.6 Å². The first-order valence-corrected chi connectivity index (χ1v) is 6.18. The fourth-order valence-corrected chi connectivity index (χ4v) is 2.45. The molecule has 2 heterocycles. The van der Waals surface area contributed by atoms with Gasteiger partial charge in [-0.25, -0.2) is 0 Å². The van der Waals surface area contributed by atoms with Crippen LogP contribution in [0, 0.1) is 0 Å². The number of oxazole rings is 1. The summed E-state index contributed by atoms with van der Waals surface area (Å²) in [5, 5.41) is 0. The Balaban J connectivity index is 1.91. The predicted molar refractivity (Wildman–Crippen MR) is 72.2 cm³/mol. The minimum absolute atomic E-state index is 0.0253. The predicted octanol–water partition coefficient (Wildman–Crippen LogP) is 1.26. The second kappa shape index (κ2) is 4.71. The van der Waals surface area contributed by atoms with E-state index >= 15 is 0 Å². The fourth-order valence-electron chi connectivity index (χ4n) is 2.45. The molecule has 1 aliphatic rings. The number of nitrogens with two attached hydrogens (primary N) is 1. The first kappa shape index (κ1) is 12.3. The molecule has 2 aromatic rings. The molecule has 2 unspecified atom stereocenters. The van der Waals surface area contributed by atoms with Crippen LogP contribution in [0.4, 0.5) is 11.7 Å². The fraction of sp³-hybridized carbons (Fsp3) is 0.462. The third kappa shape index (κ3) is 2.02. The Morgan fingerprint density at radius 2 is 1.95 bits per heavy atom. The summed E-state index contributed by atoms with van der Waals surface area (Å²) in [4.78, 5) is 6.47. The number of methoxy groups -OCH3 is 2. The molecule has 102 valence electrons. The van der Waals surface area contributed by atoms with Gasteiger partial charge in [0.05, 0.1) is 18.8 Å². The lowest BCUT2D eigenvalue weighted by Gasteiger charge is -2.13. The smallest absolute Gasteiger partial charge is 0.298 e. The van der Waals surface area contributed by atoms with Crippen molar-refractivity contribution in [1.82, 2.24) is 4.98 Å². The molecule has 2 atom stereocenters. The highest BCUT2D eigenvalue weighted by molar-refractivity contribution is 5.86. The molecule has 6 heteroatoms. The van der Waals surface area contributed by atoms with E-state index in [2.05, 4.69) is 4.98 Å². The number of nitrogen functional groups attached to an aromatic ring is 1. The molecule has 3 rings (SSSR count). The van der Waals surface area contributed by atoms with Gasteiger partial charge in [0.15, 0.2) is 5.58 Å². The van der Waals surface area contributed by atoms with E-state index in [-0.39, 0.29) is 12.2 Å². The normalized spacial score (nSPS) is 23.4. The molecule has 0 saturated carbocycles. The quantitative estimate of drug-likeness (QED) is 0.840. The Kier molecular flexibility index (Phi) is 3.04. The number of para-hydroxylation sites is 1. The van der Waals surface area contributed by atoms with Gasteiger partial charge in [0.1, 0.15) is 17.7 Å². The van der Waals surface area contributed by atoms with Crippen molar-refractivity contribution in [3.05, 3.63) is 18.2 Å². The number of hydrogen-bond donors (Lipinski definition) is 1. The summed E-state index contributed by atoms with van der Waals surface area (Å²) >= 11 is 0. The van der Waals surface area contributed by atoms with Gasteiger partial charge in [-0.1, -0.05) is 6.07 Å². The van der Waals surface area contributed by atoms with E-state index in [1.54, 1.807) is 14.2 Å². The molecule has 1 aromatic carbocycles. The third-order valence-electron chi connectivity index (χ3n) is 3.53. The first-order chi connectivity index (χ1) is 9.22. The molecule has 0 aliphatic carbocycles. The van der Waals surface area contributed by atoms with Crippen LogP contribution in [0.1, 0.15) is 0 Å². The van der Waals surface area contributed by atoms with Crippen molar-refractivity contribution >= 4 is 22.8 Å². The van der Waals surface area contributed by atoms with Crippen molar-refractivity contribution in [1.29, 1.82) is 0 Å². The average molecular weight is 263 g/mol. The first-order valence-electron chi connectivity index (χ1n) is 6.18. The van der Waals surface area contributed by atoms with Gasteiger partial charge in [0.2, 0.25) is 0 Å². The summed E-state index contributed by atoms with van der Waals surface area (Å²) in [5.41, 5.74) is 7.91. The Morgan fingerprint density at radius 3 is 2.53 bits per heavy atom. The third-order valence-corrected chi connectivity index (χ3v) is 3.53. The van der Waals surface area contributed by atoms with Crippen molar-refractivity contribution in [2.24, 2.45) is 0 Å². The van der Waals surface area contributed by atoms with E-state index in [0.717, 1.165) is 0 Å². The van der Waals surface area contributed by atoms with Gasteiger partial charge in [-0.05, 0) is 12.1 Å². The number of nitrogens with zero attached hydrogens (tertiary/aromatic N) is 2. The van der Waals surface area contributed by atoms with Gasteiger partial charge in [-0.3, -0.25) is 0 Å². The van der Waals surface area contributed by atoms with Crippen LogP contribution in [0.5, 0.6) is 0 Å². The molecule has 1 aromatic heterocycles. The zero-order valence-corrected chi connectivity index (χ0v) is 11.0. The highest BCUT2D eigenvalue weighted by Crippen LogP contribution is 2.28. The van der Waals surface area contributed by atoms with Crippen molar-refractivity contribution in [3.8, 4) is 0 Å². The molecule has 0 radical (unpaired) electrons. The molecule has 0 bridgehead atoms. The molecular formula is C13H17N3O3. The molecule has 0 spiro atoms. The van der Waals surface area contributed by atoms with Gasteiger partial charge in [0.25, 0.3) is 6.01 Å². The Bertz CT molecular complexity index is 572. The second-order valence-corrected chi connectivity index (χ2v) is 4.64. The highest BCUT2D eigenvalue weighted by atomic mass is 16.5. The lowest BCUT2D eigenvalue weighted by atomic mass is 10.3. The van der Waals surface area contributed by atoms with Crippen LogP contribution in [-0.4, -0.2) is 44.5 Å². The molecule has 2 N–H and O–H groups in total. The van der Waals surface area contributed by atoms with Crippen LogP contribution < -0.4 is 10.6 Å². The largest absolute Gasteiger partial charge is 0.423 e. The van der Waals surface area contributed by atoms with E-state index in [0.29, 0.717) is 35.9 Å². The van der Waals surface area contributed by atoms with Crippen LogP contribution in [0.3, 0.4) is 0 Å². The van der Waals surface area contributed by atoms with Crippen molar-refractivity contribution in [2.75, 3.05) is 37.9 Å². The number of hydrogen-bond acceptors (Lipinski definition) is 6. The average Bonchev–Trinajstić information content (AvgIpc) is 3.02. The van der Waals surface area contributed by atoms with E-state index in [1.165, 1.54) is 0 Å². The lowest BCUT2D eigenvalue weighted by molar-refractivity contribution is -0.00461. The Morgan fingerprint density at radius 1 is 1.26 bits per heavy atom. The van der Waals surface area contributed by atoms with Crippen molar-refractivity contribution in [2.45, 2.75) is 12.2 Å². The maximum Gasteiger partial charge on any atom is 0.298 e. The van der Waals surface area contributed by atoms with E-state index < -0.39 is 0 Å². The molecule has 19 heavy (non-hydrogen) atoms. The number of aromatic nitrogens is 1. The van der Waals surface area contributed by atoms with Gasteiger partial charge >= 0.3 is 0 Å². The number of anilines is 2. The molecular weight excluding hydrogens is 246 g/mol. The van der Waals surface area contributed by atoms with Gasteiger partial charge in [0, 0.05) is 14.2 Å². The maximum atomic E-state index is 5.88. The number of rotatable bonds is 3. The van der Waals surface area contributed by atoms with Crippen molar-refractivity contribution in [3.63, 3.8) is 0 Å². The zero-order valence-electron chi connectivity index (χ0n) is 11.0. The summed E-state index contributed by atoms with van der Waals surface area (Å²) in [6.45, 7) is 1.39. The SMILES string of the molecule is COC1CN(c2nc3c(N)cccc3o2)CC1OC. The lowest BCUT2D eigenvalue weighted by Crippen LogP contribution is -2.27. The Labute approximate surface area is 111 Å². The van der Waals surface area contributed by atoms with Gasteiger partial charge in [-0.15, -0.1) is 0 Å². The Hall–Kier alpha value is -1.79. The standard InChI is InChI=1S/C13H17N3O3/c1-17-10-6-16(7-11(10)18-2)13-15-12-8(14)4-3-5-9(12)19-13/h3-5,10-11H,6-7,14H2,1-2H3. The number of fused-ring (bicyclic) bond motifs is 1. The van der Waals surface area contributed by atoms with Crippen LogP contribution >= 0.6 is 0 Å². The van der Waals surface area contributed by atoms with Crippen LogP contribution in [0.2, 0.25) is 0 Å². The monoisotopic (exact) mass is 263 g/mol. The zero-order chi connectivity index (χ0) is 13.4. The summed E-state index contributed by atoms with van der Waals surface area (Å²) in [5.74, 6) is 0. The second-order valence-electron chi connectivity index (χ2n) is 4.64. The molecule has 1 saturated heterocycles. The molecule has 0 amide bonds. The van der Waals surface area contributed by atoms with Crippen molar-refractivity contribution < 1.29 is 13.9 Å². The molecule has 6 nitrogen and oxygen atoms in total. The minimum Gasteiger partial charge on any atom is -0.423 e. The number of benzene rings is 1. The van der Waals surface area contributed by atoms with Gasteiger partial charge in [-0.2, -0.15) is 4.98 Å². The van der Waals surface area contributed by atoms with Crippen LogP contribution in [0.25, 0.3) is 11.1 Å². The summed E-state index contributed by atoms with van der Waals surface area (Å²) in [7, 11) is 3.37. The molecule has 1 fully saturated rings. The van der Waals surface area contributed by atoms with E-state index in [1.807, 2.05) is 23.1 Å². The van der Waals surface area contributed by atoms with E-state index in [4.69, 9.17) is 19.6 Å². The minimum atomic E-state index is 0.0253. The molecule has 1 aliphatic heterocycles. The number of ether oxygens (including phenoxy) is 2. The highest BCUT2D eigenvalue weighted by Gasteiger charge is 2.35. The summed E-state index contributed by atoms with van der Waals surface area (Å²) < 4.78 is 16.5. The topological polar surface area (TPSA) is 73.8 Å². The van der Waals surface area contributed by atoms with Crippen LogP contribution in [-0.2, 0) is 9.47 Å². The summed E-state index contributed by atoms with van der Waals surface area (Å²) in [6, 6.07) is 6.09. The summed E-state index contributed by atoms with van der Waals surface area (Å²) in [6.07, 6.45) is 0.0507. The van der Waals surface area contributed by atoms with E-state index in [9.17, 15) is 0 Å².